The second-order valence-corrected chi connectivity index (χ2v) is 3.95. The fourth-order valence-corrected chi connectivity index (χ4v) is 1.88. The molecule has 3 heteroatoms. The minimum atomic E-state index is 0.599. The number of hydrogen-bond acceptors (Lipinski definition) is 3. The second kappa shape index (κ2) is 4.45. The van der Waals surface area contributed by atoms with Gasteiger partial charge >= 0.3 is 0 Å². The summed E-state index contributed by atoms with van der Waals surface area (Å²) in [6.07, 6.45) is 0. The highest BCUT2D eigenvalue weighted by atomic mass is 16.5. The molecule has 1 aromatic carbocycles. The van der Waals surface area contributed by atoms with Gasteiger partial charge in [0, 0.05) is 11.5 Å². The van der Waals surface area contributed by atoms with Crippen molar-refractivity contribution in [3.8, 4) is 17.3 Å². The molecular formula is C15H12N2O. The van der Waals surface area contributed by atoms with Gasteiger partial charge in [-0.1, -0.05) is 30.3 Å². The van der Waals surface area contributed by atoms with Crippen LogP contribution in [0.5, 0.6) is 5.88 Å². The molecule has 18 heavy (non-hydrogen) atoms. The molecule has 2 heterocycles. The molecule has 0 aliphatic carbocycles. The third-order valence-electron chi connectivity index (χ3n) is 2.79. The zero-order valence-corrected chi connectivity index (χ0v) is 10.00. The average molecular weight is 236 g/mol. The monoisotopic (exact) mass is 236 g/mol. The zero-order valence-electron chi connectivity index (χ0n) is 10.00. The molecule has 0 N–H and O–H groups in total. The molecule has 0 saturated heterocycles. The van der Waals surface area contributed by atoms with E-state index in [9.17, 15) is 0 Å². The second-order valence-electron chi connectivity index (χ2n) is 3.95. The van der Waals surface area contributed by atoms with Gasteiger partial charge in [0.05, 0.1) is 24.0 Å². The predicted molar refractivity (Wildman–Crippen MR) is 71.5 cm³/mol. The Hall–Kier alpha value is -2.42. The molecule has 0 bridgehead atoms. The smallest absolute Gasteiger partial charge is 0.213 e. The van der Waals surface area contributed by atoms with Crippen LogP contribution in [-0.2, 0) is 0 Å². The van der Waals surface area contributed by atoms with Crippen LogP contribution in [0.1, 0.15) is 0 Å². The SMILES string of the molecule is COc1cccc(-c2ccc3ccccc3n2)n1. The number of para-hydroxylation sites is 1. The van der Waals surface area contributed by atoms with Gasteiger partial charge in [0.25, 0.3) is 0 Å². The first-order valence-electron chi connectivity index (χ1n) is 5.74. The van der Waals surface area contributed by atoms with E-state index < -0.39 is 0 Å². The Labute approximate surface area is 105 Å². The molecule has 3 nitrogen and oxygen atoms in total. The van der Waals surface area contributed by atoms with E-state index in [2.05, 4.69) is 16.0 Å². The van der Waals surface area contributed by atoms with Crippen molar-refractivity contribution < 1.29 is 4.74 Å². The van der Waals surface area contributed by atoms with Crippen molar-refractivity contribution in [3.05, 3.63) is 54.6 Å². The Morgan fingerprint density at radius 2 is 1.61 bits per heavy atom. The van der Waals surface area contributed by atoms with Crippen LogP contribution in [0.3, 0.4) is 0 Å². The minimum Gasteiger partial charge on any atom is -0.481 e. The van der Waals surface area contributed by atoms with Gasteiger partial charge in [-0.3, -0.25) is 0 Å². The molecular weight excluding hydrogens is 224 g/mol. The first-order valence-corrected chi connectivity index (χ1v) is 5.74. The number of rotatable bonds is 2. The van der Waals surface area contributed by atoms with E-state index >= 15 is 0 Å². The highest BCUT2D eigenvalue weighted by molar-refractivity contribution is 5.80. The molecule has 0 aliphatic heterocycles. The summed E-state index contributed by atoms with van der Waals surface area (Å²) in [6.45, 7) is 0. The van der Waals surface area contributed by atoms with Crippen LogP contribution in [0.2, 0.25) is 0 Å². The number of fused-ring (bicyclic) bond motifs is 1. The Morgan fingerprint density at radius 3 is 2.50 bits per heavy atom. The molecule has 3 aromatic rings. The van der Waals surface area contributed by atoms with Crippen molar-refractivity contribution >= 4 is 10.9 Å². The van der Waals surface area contributed by atoms with Gasteiger partial charge < -0.3 is 4.74 Å². The lowest BCUT2D eigenvalue weighted by Gasteiger charge is -2.04. The number of aromatic nitrogens is 2. The van der Waals surface area contributed by atoms with Crippen molar-refractivity contribution in [2.75, 3.05) is 7.11 Å². The standard InChI is InChI=1S/C15H12N2O/c1-18-15-8-4-7-13(17-15)14-10-9-11-5-2-3-6-12(11)16-14/h2-10H,1H3. The topological polar surface area (TPSA) is 35.0 Å². The van der Waals surface area contributed by atoms with Crippen molar-refractivity contribution in [1.29, 1.82) is 0 Å². The fourth-order valence-electron chi connectivity index (χ4n) is 1.88. The van der Waals surface area contributed by atoms with Gasteiger partial charge in [-0.15, -0.1) is 0 Å². The van der Waals surface area contributed by atoms with Crippen molar-refractivity contribution in [3.63, 3.8) is 0 Å². The van der Waals surface area contributed by atoms with Gasteiger partial charge in [-0.25, -0.2) is 9.97 Å². The fraction of sp³-hybridized carbons (Fsp3) is 0.0667. The predicted octanol–water partition coefficient (Wildman–Crippen LogP) is 3.31. The number of hydrogen-bond donors (Lipinski definition) is 0. The number of nitrogens with zero attached hydrogens (tertiary/aromatic N) is 2. The van der Waals surface area contributed by atoms with Gasteiger partial charge in [-0.05, 0) is 18.2 Å². The summed E-state index contributed by atoms with van der Waals surface area (Å²) < 4.78 is 5.12. The lowest BCUT2D eigenvalue weighted by molar-refractivity contribution is 0.398. The molecule has 3 rings (SSSR count). The van der Waals surface area contributed by atoms with E-state index in [1.165, 1.54) is 0 Å². The van der Waals surface area contributed by atoms with Crippen molar-refractivity contribution in [2.45, 2.75) is 0 Å². The summed E-state index contributed by atoms with van der Waals surface area (Å²) in [6, 6.07) is 17.7. The first-order chi connectivity index (χ1) is 8.86. The van der Waals surface area contributed by atoms with Crippen LogP contribution in [0.25, 0.3) is 22.3 Å². The van der Waals surface area contributed by atoms with E-state index in [1.54, 1.807) is 7.11 Å². The maximum absolute atomic E-state index is 5.12. The number of pyridine rings is 2. The summed E-state index contributed by atoms with van der Waals surface area (Å²) >= 11 is 0. The maximum Gasteiger partial charge on any atom is 0.213 e. The summed E-state index contributed by atoms with van der Waals surface area (Å²) in [7, 11) is 1.61. The number of methoxy groups -OCH3 is 1. The minimum absolute atomic E-state index is 0.599. The van der Waals surface area contributed by atoms with E-state index in [-0.39, 0.29) is 0 Å². The molecule has 0 atom stereocenters. The van der Waals surface area contributed by atoms with Crippen molar-refractivity contribution in [1.82, 2.24) is 9.97 Å². The van der Waals surface area contributed by atoms with Crippen LogP contribution < -0.4 is 4.74 Å². The van der Waals surface area contributed by atoms with Crippen molar-refractivity contribution in [2.24, 2.45) is 0 Å². The summed E-state index contributed by atoms with van der Waals surface area (Å²) in [4.78, 5) is 8.99. The molecule has 0 saturated carbocycles. The van der Waals surface area contributed by atoms with Crippen LogP contribution in [0, 0.1) is 0 Å². The third-order valence-corrected chi connectivity index (χ3v) is 2.79. The lowest BCUT2D eigenvalue weighted by Crippen LogP contribution is -1.91. The van der Waals surface area contributed by atoms with Crippen LogP contribution in [-0.4, -0.2) is 17.1 Å². The third kappa shape index (κ3) is 1.91. The van der Waals surface area contributed by atoms with Gasteiger partial charge in [0.2, 0.25) is 5.88 Å². The summed E-state index contributed by atoms with van der Waals surface area (Å²) in [5, 5.41) is 1.13. The Morgan fingerprint density at radius 1 is 0.778 bits per heavy atom. The molecule has 2 aromatic heterocycles. The molecule has 0 unspecified atom stereocenters. The summed E-state index contributed by atoms with van der Waals surface area (Å²) in [5.41, 5.74) is 2.65. The summed E-state index contributed by atoms with van der Waals surface area (Å²) in [5.74, 6) is 0.599. The van der Waals surface area contributed by atoms with Gasteiger partial charge in [0.1, 0.15) is 0 Å². The quantitative estimate of drug-likeness (QED) is 0.684. The van der Waals surface area contributed by atoms with E-state index in [1.807, 2.05) is 48.5 Å². The van der Waals surface area contributed by atoms with E-state index in [0.717, 1.165) is 22.3 Å². The van der Waals surface area contributed by atoms with Crippen LogP contribution in [0.15, 0.2) is 54.6 Å². The largest absolute Gasteiger partial charge is 0.481 e. The maximum atomic E-state index is 5.12. The van der Waals surface area contributed by atoms with E-state index in [0.29, 0.717) is 5.88 Å². The normalized spacial score (nSPS) is 10.5. The molecule has 0 radical (unpaired) electrons. The highest BCUT2D eigenvalue weighted by Gasteiger charge is 2.03. The molecule has 88 valence electrons. The van der Waals surface area contributed by atoms with Crippen LogP contribution in [0.4, 0.5) is 0 Å². The Kier molecular flexibility index (Phi) is 2.65. The zero-order chi connectivity index (χ0) is 12.4. The molecule has 0 aliphatic rings. The molecule has 0 fully saturated rings. The number of benzene rings is 1. The Balaban J connectivity index is 2.13. The Bertz CT molecular complexity index is 695. The van der Waals surface area contributed by atoms with E-state index in [4.69, 9.17) is 4.74 Å². The highest BCUT2D eigenvalue weighted by Crippen LogP contribution is 2.20. The van der Waals surface area contributed by atoms with Crippen LogP contribution >= 0.6 is 0 Å². The molecule has 0 spiro atoms. The molecule has 0 amide bonds. The van der Waals surface area contributed by atoms with Gasteiger partial charge in [-0.2, -0.15) is 0 Å². The lowest BCUT2D eigenvalue weighted by atomic mass is 10.2. The average Bonchev–Trinajstić information content (AvgIpc) is 2.47. The number of ether oxygens (including phenoxy) is 1. The first kappa shape index (κ1) is 10.7. The van der Waals surface area contributed by atoms with Gasteiger partial charge in [0.15, 0.2) is 0 Å².